The van der Waals surface area contributed by atoms with E-state index in [4.69, 9.17) is 4.42 Å². The van der Waals surface area contributed by atoms with Crippen LogP contribution in [0.1, 0.15) is 17.3 Å². The second-order valence-electron chi connectivity index (χ2n) is 4.99. The summed E-state index contributed by atoms with van der Waals surface area (Å²) < 4.78 is 30.4. The molecule has 0 spiro atoms. The molecule has 0 radical (unpaired) electrons. The fraction of sp³-hybridized carbons (Fsp3) is 0.0588. The number of sulfone groups is 1. The molecule has 0 bridgehead atoms. The van der Waals surface area contributed by atoms with E-state index < -0.39 is 20.4 Å². The van der Waals surface area contributed by atoms with Gasteiger partial charge in [0.1, 0.15) is 5.58 Å². The van der Waals surface area contributed by atoms with Crippen LogP contribution in [0.4, 0.5) is 0 Å². The van der Waals surface area contributed by atoms with Gasteiger partial charge in [0.15, 0.2) is 10.7 Å². The highest BCUT2D eigenvalue weighted by atomic mass is 32.2. The lowest BCUT2D eigenvalue weighted by Crippen LogP contribution is -2.14. The Balaban J connectivity index is 2.35. The molecule has 6 heteroatoms. The lowest BCUT2D eigenvalue weighted by atomic mass is 10.1. The zero-order valence-electron chi connectivity index (χ0n) is 12.1. The van der Waals surface area contributed by atoms with Crippen LogP contribution in [0.5, 0.6) is 0 Å². The Morgan fingerprint density at radius 3 is 2.35 bits per heavy atom. The molecule has 0 fully saturated rings. The molecule has 0 unspecified atom stereocenters. The quantitative estimate of drug-likeness (QED) is 0.545. The van der Waals surface area contributed by atoms with Gasteiger partial charge < -0.3 is 4.42 Å². The predicted molar refractivity (Wildman–Crippen MR) is 84.4 cm³/mol. The van der Waals surface area contributed by atoms with Crippen LogP contribution in [-0.4, -0.2) is 14.2 Å². The third kappa shape index (κ3) is 2.57. The van der Waals surface area contributed by atoms with Crippen molar-refractivity contribution in [3.05, 3.63) is 70.6 Å². The van der Waals surface area contributed by atoms with Gasteiger partial charge in [-0.15, -0.1) is 0 Å². The van der Waals surface area contributed by atoms with Crippen LogP contribution in [0.2, 0.25) is 0 Å². The number of carbonyl (C=O) groups is 1. The zero-order chi connectivity index (χ0) is 16.6. The SMILES string of the molecule is CC(=O)c1cccc2oc(=O)c(S(=O)(=O)c3ccccc3)cc12. The molecule has 0 saturated carbocycles. The molecule has 116 valence electrons. The number of Topliss-reactive ketones (excluding diaryl/α,β-unsaturated/α-hetero) is 1. The summed E-state index contributed by atoms with van der Waals surface area (Å²) in [5.74, 6) is -0.243. The van der Waals surface area contributed by atoms with Gasteiger partial charge in [0.25, 0.3) is 0 Å². The number of carbonyl (C=O) groups excluding carboxylic acids is 1. The molecule has 1 heterocycles. The molecule has 0 amide bonds. The smallest absolute Gasteiger partial charge is 0.355 e. The summed E-state index contributed by atoms with van der Waals surface area (Å²) in [4.78, 5) is 23.3. The first kappa shape index (κ1) is 15.2. The van der Waals surface area contributed by atoms with Crippen molar-refractivity contribution < 1.29 is 17.6 Å². The number of hydrogen-bond donors (Lipinski definition) is 0. The van der Waals surface area contributed by atoms with E-state index in [0.29, 0.717) is 10.9 Å². The third-order valence-electron chi connectivity index (χ3n) is 3.47. The summed E-state index contributed by atoms with van der Waals surface area (Å²) in [7, 11) is -4.02. The number of benzene rings is 2. The highest BCUT2D eigenvalue weighted by Crippen LogP contribution is 2.24. The van der Waals surface area contributed by atoms with E-state index >= 15 is 0 Å². The topological polar surface area (TPSA) is 81.4 Å². The Bertz CT molecular complexity index is 1060. The molecule has 23 heavy (non-hydrogen) atoms. The molecular weight excluding hydrogens is 316 g/mol. The molecule has 0 aliphatic carbocycles. The molecule has 0 saturated heterocycles. The minimum atomic E-state index is -4.02. The van der Waals surface area contributed by atoms with E-state index in [-0.39, 0.29) is 16.3 Å². The van der Waals surface area contributed by atoms with Gasteiger partial charge in [-0.1, -0.05) is 30.3 Å². The Morgan fingerprint density at radius 2 is 1.70 bits per heavy atom. The predicted octanol–water partition coefficient (Wildman–Crippen LogP) is 2.83. The van der Waals surface area contributed by atoms with Crippen molar-refractivity contribution in [2.24, 2.45) is 0 Å². The second-order valence-corrected chi connectivity index (χ2v) is 6.91. The first-order valence-corrected chi connectivity index (χ1v) is 8.27. The summed E-state index contributed by atoms with van der Waals surface area (Å²) >= 11 is 0. The molecule has 0 N–H and O–H groups in total. The first-order chi connectivity index (χ1) is 10.9. The highest BCUT2D eigenvalue weighted by molar-refractivity contribution is 7.91. The van der Waals surface area contributed by atoms with Gasteiger partial charge in [0.2, 0.25) is 9.84 Å². The van der Waals surface area contributed by atoms with Crippen LogP contribution >= 0.6 is 0 Å². The number of ketones is 1. The van der Waals surface area contributed by atoms with E-state index in [1.807, 2.05) is 0 Å². The maximum atomic E-state index is 12.6. The van der Waals surface area contributed by atoms with E-state index in [1.165, 1.54) is 31.2 Å². The number of rotatable bonds is 3. The van der Waals surface area contributed by atoms with Gasteiger partial charge >= 0.3 is 5.63 Å². The van der Waals surface area contributed by atoms with Crippen molar-refractivity contribution >= 4 is 26.6 Å². The van der Waals surface area contributed by atoms with Crippen LogP contribution in [0, 0.1) is 0 Å². The molecule has 0 aliphatic rings. The summed E-state index contributed by atoms with van der Waals surface area (Å²) in [5, 5.41) is 0.300. The monoisotopic (exact) mass is 328 g/mol. The van der Waals surface area contributed by atoms with Crippen LogP contribution in [-0.2, 0) is 9.84 Å². The summed E-state index contributed by atoms with van der Waals surface area (Å²) in [6.07, 6.45) is 0. The van der Waals surface area contributed by atoms with Gasteiger partial charge in [-0.05, 0) is 31.2 Å². The molecule has 3 rings (SSSR count). The Morgan fingerprint density at radius 1 is 1.00 bits per heavy atom. The number of fused-ring (bicyclic) bond motifs is 1. The number of hydrogen-bond acceptors (Lipinski definition) is 5. The van der Waals surface area contributed by atoms with Gasteiger partial charge in [0.05, 0.1) is 4.90 Å². The third-order valence-corrected chi connectivity index (χ3v) is 5.22. The largest absolute Gasteiger partial charge is 0.422 e. The van der Waals surface area contributed by atoms with Crippen molar-refractivity contribution in [3.8, 4) is 0 Å². The minimum absolute atomic E-state index is 0.00745. The molecule has 0 aliphatic heterocycles. The fourth-order valence-electron chi connectivity index (χ4n) is 2.34. The molecule has 5 nitrogen and oxygen atoms in total. The highest BCUT2D eigenvalue weighted by Gasteiger charge is 2.24. The van der Waals surface area contributed by atoms with Crippen LogP contribution < -0.4 is 5.63 Å². The summed E-state index contributed by atoms with van der Waals surface area (Å²) in [6.45, 7) is 1.37. The Kier molecular flexibility index (Phi) is 3.61. The van der Waals surface area contributed by atoms with Crippen molar-refractivity contribution in [3.63, 3.8) is 0 Å². The average Bonchev–Trinajstić information content (AvgIpc) is 2.54. The maximum absolute atomic E-state index is 12.6. The lowest BCUT2D eigenvalue weighted by Gasteiger charge is -2.06. The first-order valence-electron chi connectivity index (χ1n) is 6.79. The van der Waals surface area contributed by atoms with E-state index in [9.17, 15) is 18.0 Å². The minimum Gasteiger partial charge on any atom is -0.422 e. The zero-order valence-corrected chi connectivity index (χ0v) is 13.0. The van der Waals surface area contributed by atoms with E-state index in [2.05, 4.69) is 0 Å². The Hall–Kier alpha value is -2.73. The second kappa shape index (κ2) is 5.48. The van der Waals surface area contributed by atoms with Crippen molar-refractivity contribution in [1.29, 1.82) is 0 Å². The molecular formula is C17H12O5S. The van der Waals surface area contributed by atoms with E-state index in [1.54, 1.807) is 30.3 Å². The van der Waals surface area contributed by atoms with Crippen LogP contribution in [0.3, 0.4) is 0 Å². The average molecular weight is 328 g/mol. The fourth-order valence-corrected chi connectivity index (χ4v) is 3.65. The van der Waals surface area contributed by atoms with Gasteiger partial charge in [0, 0.05) is 10.9 Å². The Labute approximate surface area is 132 Å². The standard InChI is InChI=1S/C17H12O5S/c1-11(18)13-8-5-9-15-14(13)10-16(17(19)22-15)23(20,21)12-6-3-2-4-7-12/h2-10H,1H3. The lowest BCUT2D eigenvalue weighted by molar-refractivity contribution is 0.101. The molecule has 1 aromatic heterocycles. The van der Waals surface area contributed by atoms with Crippen LogP contribution in [0.15, 0.2) is 73.6 Å². The van der Waals surface area contributed by atoms with Crippen molar-refractivity contribution in [2.75, 3.05) is 0 Å². The van der Waals surface area contributed by atoms with Gasteiger partial charge in [-0.2, -0.15) is 0 Å². The summed E-state index contributed by atoms with van der Waals surface area (Å²) in [6, 6.07) is 13.5. The maximum Gasteiger partial charge on any atom is 0.355 e. The normalized spacial score (nSPS) is 11.5. The molecule has 3 aromatic rings. The van der Waals surface area contributed by atoms with E-state index in [0.717, 1.165) is 0 Å². The summed E-state index contributed by atoms with van der Waals surface area (Å²) in [5.41, 5.74) is -0.479. The van der Waals surface area contributed by atoms with Crippen LogP contribution in [0.25, 0.3) is 11.0 Å². The molecule has 0 atom stereocenters. The van der Waals surface area contributed by atoms with Gasteiger partial charge in [-0.25, -0.2) is 13.2 Å². The van der Waals surface area contributed by atoms with Gasteiger partial charge in [-0.3, -0.25) is 4.79 Å². The molecule has 2 aromatic carbocycles. The van der Waals surface area contributed by atoms with Crippen molar-refractivity contribution in [2.45, 2.75) is 16.7 Å². The van der Waals surface area contributed by atoms with Crippen molar-refractivity contribution in [1.82, 2.24) is 0 Å².